The Balaban J connectivity index is 1.96. The van der Waals surface area contributed by atoms with Crippen molar-refractivity contribution in [2.45, 2.75) is 32.1 Å². The van der Waals surface area contributed by atoms with Gasteiger partial charge in [-0.15, -0.1) is 0 Å². The third kappa shape index (κ3) is 3.78. The van der Waals surface area contributed by atoms with Crippen molar-refractivity contribution in [1.29, 1.82) is 0 Å². The topological polar surface area (TPSA) is 29.5 Å². The maximum Gasteiger partial charge on any atom is 0.134 e. The molecule has 1 aliphatic carbocycles. The molecule has 0 bridgehead atoms. The van der Waals surface area contributed by atoms with Gasteiger partial charge in [0.15, 0.2) is 0 Å². The minimum absolute atomic E-state index is 0.109. The fourth-order valence-electron chi connectivity index (χ4n) is 2.29. The molecular formula is C16H20O2. The van der Waals surface area contributed by atoms with Crippen LogP contribution < -0.4 is 4.74 Å². The van der Waals surface area contributed by atoms with Gasteiger partial charge in [-0.05, 0) is 30.9 Å². The number of aliphatic hydroxyl groups is 1. The Labute approximate surface area is 109 Å². The highest BCUT2D eigenvalue weighted by Crippen LogP contribution is 2.26. The summed E-state index contributed by atoms with van der Waals surface area (Å²) >= 11 is 0. The summed E-state index contributed by atoms with van der Waals surface area (Å²) in [6.45, 7) is 0.913. The van der Waals surface area contributed by atoms with Crippen molar-refractivity contribution < 1.29 is 9.84 Å². The predicted octanol–water partition coefficient (Wildman–Crippen LogP) is 2.99. The maximum atomic E-state index is 8.73. The number of hydrogen-bond acceptors (Lipinski definition) is 2. The molecule has 1 saturated carbocycles. The van der Waals surface area contributed by atoms with E-state index in [1.54, 1.807) is 0 Å². The van der Waals surface area contributed by atoms with Gasteiger partial charge in [0.2, 0.25) is 0 Å². The zero-order chi connectivity index (χ0) is 12.6. The van der Waals surface area contributed by atoms with Crippen LogP contribution in [0, 0.1) is 17.8 Å². The summed E-state index contributed by atoms with van der Waals surface area (Å²) in [4.78, 5) is 0. The Hall–Kier alpha value is -1.46. The van der Waals surface area contributed by atoms with Gasteiger partial charge in [-0.25, -0.2) is 0 Å². The molecule has 0 radical (unpaired) electrons. The van der Waals surface area contributed by atoms with Crippen LogP contribution in [0.25, 0.3) is 0 Å². The van der Waals surface area contributed by atoms with Crippen LogP contribution in [0.4, 0.5) is 0 Å². The second-order valence-electron chi connectivity index (χ2n) is 4.73. The molecule has 1 N–H and O–H groups in total. The average Bonchev–Trinajstić information content (AvgIpc) is 2.91. The third-order valence-corrected chi connectivity index (χ3v) is 3.30. The van der Waals surface area contributed by atoms with E-state index in [-0.39, 0.29) is 6.61 Å². The molecule has 0 saturated heterocycles. The van der Waals surface area contributed by atoms with E-state index in [9.17, 15) is 0 Å². The third-order valence-electron chi connectivity index (χ3n) is 3.30. The van der Waals surface area contributed by atoms with Gasteiger partial charge in [-0.1, -0.05) is 36.8 Å². The Kier molecular flexibility index (Phi) is 5.11. The quantitative estimate of drug-likeness (QED) is 0.825. The standard InChI is InChI=1S/C16H20O2/c17-12-6-5-10-15-9-3-4-11-16(15)18-13-14-7-1-2-8-14/h3-4,9,11,14,17H,1-2,6-8,12-13H2. The van der Waals surface area contributed by atoms with E-state index in [4.69, 9.17) is 9.84 Å². The van der Waals surface area contributed by atoms with Crippen LogP contribution in [-0.2, 0) is 0 Å². The molecule has 2 nitrogen and oxygen atoms in total. The lowest BCUT2D eigenvalue weighted by Gasteiger charge is -2.12. The van der Waals surface area contributed by atoms with E-state index in [0.717, 1.165) is 17.9 Å². The van der Waals surface area contributed by atoms with Gasteiger partial charge in [-0.3, -0.25) is 0 Å². The average molecular weight is 244 g/mol. The first-order chi connectivity index (χ1) is 8.90. The summed E-state index contributed by atoms with van der Waals surface area (Å²) in [5.74, 6) is 7.58. The first kappa shape index (κ1) is 13.0. The first-order valence-corrected chi connectivity index (χ1v) is 6.71. The summed E-state index contributed by atoms with van der Waals surface area (Å²) < 4.78 is 5.89. The fourth-order valence-corrected chi connectivity index (χ4v) is 2.29. The lowest BCUT2D eigenvalue weighted by atomic mass is 10.1. The molecule has 1 aromatic rings. The molecule has 1 fully saturated rings. The number of benzene rings is 1. The maximum absolute atomic E-state index is 8.73. The van der Waals surface area contributed by atoms with Crippen LogP contribution >= 0.6 is 0 Å². The molecule has 2 heteroatoms. The molecule has 0 aliphatic heterocycles. The lowest BCUT2D eigenvalue weighted by Crippen LogP contribution is -2.08. The number of rotatable bonds is 4. The summed E-state index contributed by atoms with van der Waals surface area (Å²) in [5, 5.41) is 8.73. The zero-order valence-corrected chi connectivity index (χ0v) is 10.7. The van der Waals surface area contributed by atoms with Crippen molar-refractivity contribution in [3.8, 4) is 17.6 Å². The van der Waals surface area contributed by atoms with Gasteiger partial charge in [0.25, 0.3) is 0 Å². The summed E-state index contributed by atoms with van der Waals surface area (Å²) in [7, 11) is 0. The van der Waals surface area contributed by atoms with E-state index >= 15 is 0 Å². The van der Waals surface area contributed by atoms with Gasteiger partial charge in [0, 0.05) is 6.42 Å². The highest BCUT2D eigenvalue weighted by atomic mass is 16.5. The molecule has 0 spiro atoms. The van der Waals surface area contributed by atoms with Crippen molar-refractivity contribution in [1.82, 2.24) is 0 Å². The molecule has 0 unspecified atom stereocenters. The second kappa shape index (κ2) is 7.08. The van der Waals surface area contributed by atoms with Crippen molar-refractivity contribution in [2.24, 2.45) is 5.92 Å². The smallest absolute Gasteiger partial charge is 0.134 e. The molecule has 0 heterocycles. The molecule has 2 rings (SSSR count). The summed E-state index contributed by atoms with van der Waals surface area (Å²) in [6, 6.07) is 7.87. The van der Waals surface area contributed by atoms with Gasteiger partial charge >= 0.3 is 0 Å². The van der Waals surface area contributed by atoms with Gasteiger partial charge in [0.1, 0.15) is 5.75 Å². The molecule has 0 aromatic heterocycles. The van der Waals surface area contributed by atoms with Crippen LogP contribution in [-0.4, -0.2) is 18.3 Å². The summed E-state index contributed by atoms with van der Waals surface area (Å²) in [5.41, 5.74) is 0.920. The number of para-hydroxylation sites is 1. The van der Waals surface area contributed by atoms with Gasteiger partial charge in [0.05, 0.1) is 18.8 Å². The summed E-state index contributed by atoms with van der Waals surface area (Å²) in [6.07, 6.45) is 5.77. The van der Waals surface area contributed by atoms with E-state index in [0.29, 0.717) is 12.3 Å². The fraction of sp³-hybridized carbons (Fsp3) is 0.500. The highest BCUT2D eigenvalue weighted by molar-refractivity contribution is 5.45. The van der Waals surface area contributed by atoms with Crippen LogP contribution in [0.5, 0.6) is 5.75 Å². The van der Waals surface area contributed by atoms with Crippen molar-refractivity contribution in [2.75, 3.05) is 13.2 Å². The normalized spacial score (nSPS) is 15.2. The Morgan fingerprint density at radius 1 is 1.22 bits per heavy atom. The zero-order valence-electron chi connectivity index (χ0n) is 10.7. The minimum Gasteiger partial charge on any atom is -0.492 e. The van der Waals surface area contributed by atoms with E-state index < -0.39 is 0 Å². The van der Waals surface area contributed by atoms with E-state index in [1.807, 2.05) is 24.3 Å². The van der Waals surface area contributed by atoms with Gasteiger partial charge < -0.3 is 9.84 Å². The van der Waals surface area contributed by atoms with Crippen molar-refractivity contribution in [3.05, 3.63) is 29.8 Å². The Morgan fingerprint density at radius 2 is 2.00 bits per heavy atom. The molecule has 18 heavy (non-hydrogen) atoms. The lowest BCUT2D eigenvalue weighted by molar-refractivity contribution is 0.251. The predicted molar refractivity (Wildman–Crippen MR) is 72.5 cm³/mol. The van der Waals surface area contributed by atoms with E-state index in [2.05, 4.69) is 11.8 Å². The van der Waals surface area contributed by atoms with Crippen molar-refractivity contribution >= 4 is 0 Å². The second-order valence-corrected chi connectivity index (χ2v) is 4.73. The molecule has 1 aromatic carbocycles. The van der Waals surface area contributed by atoms with Crippen LogP contribution in [0.2, 0.25) is 0 Å². The Morgan fingerprint density at radius 3 is 2.78 bits per heavy atom. The van der Waals surface area contributed by atoms with Crippen LogP contribution in [0.1, 0.15) is 37.7 Å². The number of aliphatic hydroxyl groups excluding tert-OH is 1. The first-order valence-electron chi connectivity index (χ1n) is 6.71. The van der Waals surface area contributed by atoms with Crippen LogP contribution in [0.3, 0.4) is 0 Å². The molecule has 0 amide bonds. The Bertz CT molecular complexity index is 422. The monoisotopic (exact) mass is 244 g/mol. The van der Waals surface area contributed by atoms with Crippen molar-refractivity contribution in [3.63, 3.8) is 0 Å². The minimum atomic E-state index is 0.109. The van der Waals surface area contributed by atoms with E-state index in [1.165, 1.54) is 25.7 Å². The SMILES string of the molecule is OCCC#Cc1ccccc1OCC1CCCC1. The highest BCUT2D eigenvalue weighted by Gasteiger charge is 2.15. The molecule has 1 aliphatic rings. The number of hydrogen-bond donors (Lipinski definition) is 1. The molecular weight excluding hydrogens is 224 g/mol. The van der Waals surface area contributed by atoms with Crippen LogP contribution in [0.15, 0.2) is 24.3 Å². The van der Waals surface area contributed by atoms with Gasteiger partial charge in [-0.2, -0.15) is 0 Å². The molecule has 96 valence electrons. The number of ether oxygens (including phenoxy) is 1. The molecule has 0 atom stereocenters. The largest absolute Gasteiger partial charge is 0.492 e.